The number of nitrogens with zero attached hydrogens (tertiary/aromatic N) is 1. The van der Waals surface area contributed by atoms with Gasteiger partial charge in [-0.2, -0.15) is 0 Å². The lowest BCUT2D eigenvalue weighted by atomic mass is 10.1. The minimum absolute atomic E-state index is 0.293. The highest BCUT2D eigenvalue weighted by Gasteiger charge is 2.29. The standard InChI is InChI=1S/C13H11NO2S2/c1-16-13(15)9-3-2-5-14-6-8-17-10-4-7-18-12(10)11(9)14/h2-6,8H,7H2,1H3. The molecule has 0 N–H and O–H groups in total. The summed E-state index contributed by atoms with van der Waals surface area (Å²) in [5.74, 6) is 0.667. The van der Waals surface area contributed by atoms with Crippen LogP contribution in [0.4, 0.5) is 0 Å². The normalized spacial score (nSPS) is 21.1. The molecule has 3 nitrogen and oxygen atoms in total. The number of esters is 1. The Morgan fingerprint density at radius 3 is 3.17 bits per heavy atom. The summed E-state index contributed by atoms with van der Waals surface area (Å²) in [5, 5.41) is 2.04. The molecule has 0 radical (unpaired) electrons. The summed E-state index contributed by atoms with van der Waals surface area (Å²) in [6, 6.07) is 0. The van der Waals surface area contributed by atoms with Crippen LogP contribution in [0, 0.1) is 0 Å². The molecule has 0 aromatic heterocycles. The summed E-state index contributed by atoms with van der Waals surface area (Å²) in [7, 11) is 1.41. The van der Waals surface area contributed by atoms with Gasteiger partial charge in [-0.25, -0.2) is 4.79 Å². The van der Waals surface area contributed by atoms with Gasteiger partial charge in [0.2, 0.25) is 0 Å². The third-order valence-corrected chi connectivity index (χ3v) is 4.83. The molecule has 0 unspecified atom stereocenters. The van der Waals surface area contributed by atoms with Crippen LogP contribution in [0.1, 0.15) is 0 Å². The molecule has 0 aromatic rings. The molecule has 0 spiro atoms. The van der Waals surface area contributed by atoms with Crippen LogP contribution < -0.4 is 0 Å². The van der Waals surface area contributed by atoms with Crippen LogP contribution in [0.3, 0.4) is 0 Å². The van der Waals surface area contributed by atoms with Crippen molar-refractivity contribution in [3.8, 4) is 0 Å². The number of thioether (sulfide) groups is 2. The number of hydrogen-bond donors (Lipinski definition) is 0. The van der Waals surface area contributed by atoms with Crippen molar-refractivity contribution in [2.24, 2.45) is 0 Å². The SMILES string of the molecule is COC(=O)C1=CC=CN2C=CSC3=CCSC3=C12. The molecule has 0 aliphatic carbocycles. The van der Waals surface area contributed by atoms with Crippen molar-refractivity contribution in [1.82, 2.24) is 4.90 Å². The van der Waals surface area contributed by atoms with E-state index in [2.05, 4.69) is 6.08 Å². The van der Waals surface area contributed by atoms with Gasteiger partial charge in [-0.3, -0.25) is 0 Å². The Kier molecular flexibility index (Phi) is 3.09. The molecule has 3 rings (SSSR count). The first-order chi connectivity index (χ1) is 8.81. The molecule has 0 saturated carbocycles. The first-order valence-electron chi connectivity index (χ1n) is 5.47. The van der Waals surface area contributed by atoms with Crippen molar-refractivity contribution in [2.45, 2.75) is 0 Å². The number of carbonyl (C=O) groups is 1. The van der Waals surface area contributed by atoms with E-state index < -0.39 is 0 Å². The van der Waals surface area contributed by atoms with E-state index >= 15 is 0 Å². The number of fused-ring (bicyclic) bond motifs is 2. The molecule has 3 aliphatic heterocycles. The van der Waals surface area contributed by atoms with E-state index in [4.69, 9.17) is 4.74 Å². The van der Waals surface area contributed by atoms with Gasteiger partial charge in [-0.05, 0) is 17.6 Å². The molecule has 92 valence electrons. The van der Waals surface area contributed by atoms with Gasteiger partial charge in [-0.1, -0.05) is 17.8 Å². The van der Waals surface area contributed by atoms with Crippen LogP contribution in [-0.4, -0.2) is 23.7 Å². The average molecular weight is 277 g/mol. The smallest absolute Gasteiger partial charge is 0.340 e. The largest absolute Gasteiger partial charge is 0.465 e. The molecule has 5 heteroatoms. The van der Waals surface area contributed by atoms with Gasteiger partial charge in [0.15, 0.2) is 0 Å². The van der Waals surface area contributed by atoms with Crippen molar-refractivity contribution < 1.29 is 9.53 Å². The highest BCUT2D eigenvalue weighted by molar-refractivity contribution is 8.10. The van der Waals surface area contributed by atoms with E-state index in [-0.39, 0.29) is 5.97 Å². The fourth-order valence-corrected chi connectivity index (χ4v) is 4.13. The van der Waals surface area contributed by atoms with Crippen molar-refractivity contribution >= 4 is 29.5 Å². The highest BCUT2D eigenvalue weighted by Crippen LogP contribution is 2.46. The Labute approximate surface area is 114 Å². The van der Waals surface area contributed by atoms with E-state index in [1.165, 1.54) is 12.0 Å². The second-order valence-electron chi connectivity index (χ2n) is 3.78. The summed E-state index contributed by atoms with van der Waals surface area (Å²) in [6.45, 7) is 0. The maximum atomic E-state index is 11.9. The molecule has 0 atom stereocenters. The van der Waals surface area contributed by atoms with Gasteiger partial charge in [-0.15, -0.1) is 11.8 Å². The Bertz CT molecular complexity index is 555. The molecule has 18 heavy (non-hydrogen) atoms. The number of methoxy groups -OCH3 is 1. The molecule has 3 aliphatic rings. The molecule has 0 amide bonds. The maximum absolute atomic E-state index is 11.9. The Morgan fingerprint density at radius 2 is 2.33 bits per heavy atom. The zero-order valence-electron chi connectivity index (χ0n) is 9.75. The van der Waals surface area contributed by atoms with E-state index in [1.54, 1.807) is 23.5 Å². The Morgan fingerprint density at radius 1 is 1.44 bits per heavy atom. The summed E-state index contributed by atoms with van der Waals surface area (Å²) < 4.78 is 4.87. The molecule has 3 heterocycles. The predicted octanol–water partition coefficient (Wildman–Crippen LogP) is 2.98. The molecular formula is C13H11NO2S2. The number of hydrogen-bond acceptors (Lipinski definition) is 5. The minimum atomic E-state index is -0.293. The van der Waals surface area contributed by atoms with Crippen LogP contribution in [-0.2, 0) is 9.53 Å². The van der Waals surface area contributed by atoms with Crippen LogP contribution in [0.2, 0.25) is 0 Å². The molecule has 0 fully saturated rings. The fraction of sp³-hybridized carbons (Fsp3) is 0.154. The fourth-order valence-electron chi connectivity index (χ4n) is 1.98. The second kappa shape index (κ2) is 4.74. The van der Waals surface area contributed by atoms with Gasteiger partial charge in [0.1, 0.15) is 0 Å². The molecule has 0 bridgehead atoms. The zero-order valence-corrected chi connectivity index (χ0v) is 11.4. The van der Waals surface area contributed by atoms with Gasteiger partial charge in [0, 0.05) is 28.0 Å². The van der Waals surface area contributed by atoms with Crippen LogP contribution >= 0.6 is 23.5 Å². The summed E-state index contributed by atoms with van der Waals surface area (Å²) >= 11 is 3.45. The third kappa shape index (κ3) is 1.83. The van der Waals surface area contributed by atoms with E-state index in [0.29, 0.717) is 5.57 Å². The predicted molar refractivity (Wildman–Crippen MR) is 75.4 cm³/mol. The zero-order chi connectivity index (χ0) is 12.5. The second-order valence-corrected chi connectivity index (χ2v) is 5.76. The first kappa shape index (κ1) is 11.7. The lowest BCUT2D eigenvalue weighted by Crippen LogP contribution is -2.20. The Hall–Kier alpha value is -1.33. The Balaban J connectivity index is 2.15. The number of ether oxygens (including phenoxy) is 1. The van der Waals surface area contributed by atoms with Crippen molar-refractivity contribution in [1.29, 1.82) is 0 Å². The summed E-state index contributed by atoms with van der Waals surface area (Å²) in [6.07, 6.45) is 9.79. The lowest BCUT2D eigenvalue weighted by Gasteiger charge is -2.24. The molecular weight excluding hydrogens is 266 g/mol. The van der Waals surface area contributed by atoms with Crippen LogP contribution in [0.25, 0.3) is 0 Å². The van der Waals surface area contributed by atoms with Crippen molar-refractivity contribution in [2.75, 3.05) is 12.9 Å². The van der Waals surface area contributed by atoms with Crippen LogP contribution in [0.15, 0.2) is 57.1 Å². The van der Waals surface area contributed by atoms with Crippen molar-refractivity contribution in [3.05, 3.63) is 57.1 Å². The molecule has 0 aromatic carbocycles. The van der Waals surface area contributed by atoms with Gasteiger partial charge < -0.3 is 9.64 Å². The van der Waals surface area contributed by atoms with E-state index in [0.717, 1.165) is 16.4 Å². The van der Waals surface area contributed by atoms with Crippen molar-refractivity contribution in [3.63, 3.8) is 0 Å². The minimum Gasteiger partial charge on any atom is -0.465 e. The van der Waals surface area contributed by atoms with Gasteiger partial charge in [0.25, 0.3) is 0 Å². The third-order valence-electron chi connectivity index (χ3n) is 2.78. The number of carbonyl (C=O) groups excluding carboxylic acids is 1. The quantitative estimate of drug-likeness (QED) is 0.687. The highest BCUT2D eigenvalue weighted by atomic mass is 32.2. The van der Waals surface area contributed by atoms with Crippen LogP contribution in [0.5, 0.6) is 0 Å². The lowest BCUT2D eigenvalue weighted by molar-refractivity contribution is -0.135. The van der Waals surface area contributed by atoms with E-state index in [9.17, 15) is 4.79 Å². The average Bonchev–Trinajstić information content (AvgIpc) is 2.79. The van der Waals surface area contributed by atoms with E-state index in [1.807, 2.05) is 34.9 Å². The monoisotopic (exact) mass is 277 g/mol. The topological polar surface area (TPSA) is 29.5 Å². The summed E-state index contributed by atoms with van der Waals surface area (Å²) in [5.41, 5.74) is 1.54. The number of allylic oxidation sites excluding steroid dienone is 2. The number of rotatable bonds is 1. The van der Waals surface area contributed by atoms with Gasteiger partial charge in [0.05, 0.1) is 18.4 Å². The first-order valence-corrected chi connectivity index (χ1v) is 7.34. The van der Waals surface area contributed by atoms with Gasteiger partial charge >= 0.3 is 5.97 Å². The maximum Gasteiger partial charge on any atom is 0.340 e. The summed E-state index contributed by atoms with van der Waals surface area (Å²) in [4.78, 5) is 16.2. The molecule has 0 saturated heterocycles.